The van der Waals surface area contributed by atoms with Gasteiger partial charge in [-0.1, -0.05) is 6.08 Å². The molecule has 0 atom stereocenters. The average Bonchev–Trinajstić information content (AvgIpc) is 2.14. The molecule has 0 fully saturated rings. The molecule has 4 nitrogen and oxygen atoms in total. The molecule has 0 aromatic heterocycles. The van der Waals surface area contributed by atoms with Crippen LogP contribution in [-0.2, 0) is 14.3 Å². The molecule has 0 spiro atoms. The smallest absolute Gasteiger partial charge is 0.325 e. The van der Waals surface area contributed by atoms with Crippen LogP contribution in [0.2, 0.25) is 0 Å². The summed E-state index contributed by atoms with van der Waals surface area (Å²) in [4.78, 5) is 23.7. The van der Waals surface area contributed by atoms with Crippen LogP contribution in [0, 0.1) is 0 Å². The molecule has 80 valence electrons. The Balaban J connectivity index is 3.82. The van der Waals surface area contributed by atoms with Crippen molar-refractivity contribution in [1.82, 2.24) is 4.90 Å². The molecule has 0 saturated heterocycles. The summed E-state index contributed by atoms with van der Waals surface area (Å²) in [6.45, 7) is 5.61. The molecule has 0 aliphatic rings. The number of ether oxygens (including phenoxy) is 1. The molecule has 0 aromatic carbocycles. The van der Waals surface area contributed by atoms with Crippen LogP contribution < -0.4 is 0 Å². The van der Waals surface area contributed by atoms with Gasteiger partial charge >= 0.3 is 5.97 Å². The third kappa shape index (κ3) is 5.35. The zero-order valence-corrected chi connectivity index (χ0v) is 8.78. The van der Waals surface area contributed by atoms with Gasteiger partial charge in [0.25, 0.3) is 0 Å². The first-order valence-electron chi connectivity index (χ1n) is 4.62. The van der Waals surface area contributed by atoms with E-state index in [1.165, 1.54) is 4.90 Å². The van der Waals surface area contributed by atoms with Gasteiger partial charge in [-0.2, -0.15) is 0 Å². The second kappa shape index (κ2) is 7.12. The predicted molar refractivity (Wildman–Crippen MR) is 53.7 cm³/mol. The lowest BCUT2D eigenvalue weighted by atomic mass is 10.3. The van der Waals surface area contributed by atoms with Gasteiger partial charge in [0.2, 0.25) is 5.91 Å². The van der Waals surface area contributed by atoms with Gasteiger partial charge < -0.3 is 9.64 Å². The third-order valence-corrected chi connectivity index (χ3v) is 1.66. The van der Waals surface area contributed by atoms with Crippen molar-refractivity contribution in [3.8, 4) is 0 Å². The Labute approximate surface area is 84.5 Å². The summed E-state index contributed by atoms with van der Waals surface area (Å²) in [5, 5.41) is 0. The number of carbonyl (C=O) groups excluding carboxylic acids is 2. The normalized spacial score (nSPS) is 9.29. The van der Waals surface area contributed by atoms with Crippen LogP contribution >= 0.6 is 0 Å². The van der Waals surface area contributed by atoms with Crippen LogP contribution in [0.1, 0.15) is 19.8 Å². The fourth-order valence-corrected chi connectivity index (χ4v) is 0.905. The van der Waals surface area contributed by atoms with E-state index in [9.17, 15) is 9.59 Å². The van der Waals surface area contributed by atoms with Crippen LogP contribution in [0.3, 0.4) is 0 Å². The molecule has 4 heteroatoms. The van der Waals surface area contributed by atoms with E-state index >= 15 is 0 Å². The van der Waals surface area contributed by atoms with Gasteiger partial charge in [0.1, 0.15) is 6.54 Å². The van der Waals surface area contributed by atoms with Gasteiger partial charge in [0, 0.05) is 13.5 Å². The fourth-order valence-electron chi connectivity index (χ4n) is 0.905. The van der Waals surface area contributed by atoms with Crippen molar-refractivity contribution in [1.29, 1.82) is 0 Å². The lowest BCUT2D eigenvalue weighted by Gasteiger charge is -2.15. The van der Waals surface area contributed by atoms with Gasteiger partial charge in [-0.15, -0.1) is 6.58 Å². The molecule has 0 bridgehead atoms. The van der Waals surface area contributed by atoms with Crippen molar-refractivity contribution < 1.29 is 14.3 Å². The van der Waals surface area contributed by atoms with Crippen molar-refractivity contribution in [2.24, 2.45) is 0 Å². The molecule has 0 heterocycles. The minimum absolute atomic E-state index is 0.0177. The number of carbonyl (C=O) groups is 2. The highest BCUT2D eigenvalue weighted by molar-refractivity contribution is 5.81. The quantitative estimate of drug-likeness (QED) is 0.473. The monoisotopic (exact) mass is 199 g/mol. The summed E-state index contributed by atoms with van der Waals surface area (Å²) in [6.07, 6.45) is 2.70. The summed E-state index contributed by atoms with van der Waals surface area (Å²) < 4.78 is 4.71. The minimum Gasteiger partial charge on any atom is -0.465 e. The first-order chi connectivity index (χ1) is 6.61. The van der Waals surface area contributed by atoms with E-state index in [0.29, 0.717) is 19.4 Å². The molecule has 0 radical (unpaired) electrons. The van der Waals surface area contributed by atoms with Crippen LogP contribution in [0.5, 0.6) is 0 Å². The second-order valence-corrected chi connectivity index (χ2v) is 2.88. The SMILES string of the molecule is C=CCCC(=O)N(C)CC(=O)OCC. The summed E-state index contributed by atoms with van der Waals surface area (Å²) in [5.74, 6) is -0.445. The van der Waals surface area contributed by atoms with Gasteiger partial charge in [-0.05, 0) is 13.3 Å². The molecule has 0 N–H and O–H groups in total. The Morgan fingerprint density at radius 3 is 2.64 bits per heavy atom. The van der Waals surface area contributed by atoms with Crippen LogP contribution in [0.4, 0.5) is 0 Å². The molecular formula is C10H17NO3. The van der Waals surface area contributed by atoms with E-state index in [4.69, 9.17) is 4.74 Å². The van der Waals surface area contributed by atoms with E-state index < -0.39 is 0 Å². The zero-order chi connectivity index (χ0) is 11.0. The number of hydrogen-bond donors (Lipinski definition) is 0. The molecule has 0 rings (SSSR count). The number of rotatable bonds is 6. The number of esters is 1. The predicted octanol–water partition coefficient (Wildman–Crippen LogP) is 0.974. The highest BCUT2D eigenvalue weighted by atomic mass is 16.5. The van der Waals surface area contributed by atoms with Crippen LogP contribution in [0.15, 0.2) is 12.7 Å². The molecule has 14 heavy (non-hydrogen) atoms. The standard InChI is InChI=1S/C10H17NO3/c1-4-6-7-9(12)11(3)8-10(13)14-5-2/h4H,1,5-8H2,2-3H3. The topological polar surface area (TPSA) is 46.6 Å². The van der Waals surface area contributed by atoms with E-state index in [1.807, 2.05) is 0 Å². The average molecular weight is 199 g/mol. The van der Waals surface area contributed by atoms with Crippen LogP contribution in [-0.4, -0.2) is 37.0 Å². The first kappa shape index (κ1) is 12.7. The maximum absolute atomic E-state index is 11.3. The van der Waals surface area contributed by atoms with Crippen LogP contribution in [0.25, 0.3) is 0 Å². The van der Waals surface area contributed by atoms with E-state index in [2.05, 4.69) is 6.58 Å². The Hall–Kier alpha value is -1.32. The van der Waals surface area contributed by atoms with Gasteiger partial charge in [-0.3, -0.25) is 9.59 Å². The minimum atomic E-state index is -0.373. The molecular weight excluding hydrogens is 182 g/mol. The molecule has 0 aliphatic heterocycles. The summed E-state index contributed by atoms with van der Waals surface area (Å²) in [5.41, 5.74) is 0. The van der Waals surface area contributed by atoms with Gasteiger partial charge in [0.05, 0.1) is 6.61 Å². The Morgan fingerprint density at radius 2 is 2.14 bits per heavy atom. The molecule has 0 saturated carbocycles. The second-order valence-electron chi connectivity index (χ2n) is 2.88. The number of amides is 1. The fraction of sp³-hybridized carbons (Fsp3) is 0.600. The Bertz CT molecular complexity index is 213. The molecule has 1 amide bonds. The van der Waals surface area contributed by atoms with Crippen molar-refractivity contribution in [3.05, 3.63) is 12.7 Å². The van der Waals surface area contributed by atoms with E-state index in [0.717, 1.165) is 0 Å². The maximum atomic E-state index is 11.3. The van der Waals surface area contributed by atoms with Crippen molar-refractivity contribution >= 4 is 11.9 Å². The lowest BCUT2D eigenvalue weighted by molar-refractivity contribution is -0.148. The zero-order valence-electron chi connectivity index (χ0n) is 8.78. The van der Waals surface area contributed by atoms with Gasteiger partial charge in [0.15, 0.2) is 0 Å². The summed E-state index contributed by atoms with van der Waals surface area (Å²) >= 11 is 0. The van der Waals surface area contributed by atoms with Crippen molar-refractivity contribution in [3.63, 3.8) is 0 Å². The number of nitrogens with zero attached hydrogens (tertiary/aromatic N) is 1. The number of hydrogen-bond acceptors (Lipinski definition) is 3. The summed E-state index contributed by atoms with van der Waals surface area (Å²) in [6, 6.07) is 0. The molecule has 0 aromatic rings. The highest BCUT2D eigenvalue weighted by Gasteiger charge is 2.12. The largest absolute Gasteiger partial charge is 0.465 e. The Morgan fingerprint density at radius 1 is 1.50 bits per heavy atom. The van der Waals surface area contributed by atoms with Gasteiger partial charge in [-0.25, -0.2) is 0 Å². The summed E-state index contributed by atoms with van der Waals surface area (Å²) in [7, 11) is 1.59. The maximum Gasteiger partial charge on any atom is 0.325 e. The number of likely N-dealkylation sites (N-methyl/N-ethyl adjacent to an activating group) is 1. The van der Waals surface area contributed by atoms with E-state index in [1.54, 1.807) is 20.0 Å². The van der Waals surface area contributed by atoms with E-state index in [-0.39, 0.29) is 18.4 Å². The molecule has 0 aliphatic carbocycles. The molecule has 0 unspecified atom stereocenters. The van der Waals surface area contributed by atoms with Crippen molar-refractivity contribution in [2.45, 2.75) is 19.8 Å². The van der Waals surface area contributed by atoms with Crippen molar-refractivity contribution in [2.75, 3.05) is 20.2 Å². The first-order valence-corrected chi connectivity index (χ1v) is 4.62. The highest BCUT2D eigenvalue weighted by Crippen LogP contribution is 1.96. The third-order valence-electron chi connectivity index (χ3n) is 1.66. The Kier molecular flexibility index (Phi) is 6.45. The lowest BCUT2D eigenvalue weighted by Crippen LogP contribution is -2.32. The number of allylic oxidation sites excluding steroid dienone is 1.